The molecule has 2 aliphatic carbocycles. The van der Waals surface area contributed by atoms with Gasteiger partial charge in [-0.25, -0.2) is 0 Å². The van der Waals surface area contributed by atoms with E-state index in [4.69, 9.17) is 0 Å². The molecule has 14 heavy (non-hydrogen) atoms. The van der Waals surface area contributed by atoms with E-state index in [0.29, 0.717) is 0 Å². The van der Waals surface area contributed by atoms with Crippen molar-refractivity contribution in [1.82, 2.24) is 5.32 Å². The van der Waals surface area contributed by atoms with Crippen LogP contribution in [-0.2, 0) is 0 Å². The van der Waals surface area contributed by atoms with Crippen molar-refractivity contribution >= 4 is 11.8 Å². The second-order valence-electron chi connectivity index (χ2n) is 4.89. The molecule has 0 aromatic heterocycles. The number of nitrogens with one attached hydrogen (secondary N) is 1. The molecule has 0 radical (unpaired) electrons. The molecule has 2 heteroatoms. The lowest BCUT2D eigenvalue weighted by Crippen LogP contribution is -2.26. The molecule has 1 N–H and O–H groups in total. The van der Waals surface area contributed by atoms with Gasteiger partial charge in [0.25, 0.3) is 0 Å². The first-order valence-electron chi connectivity index (χ1n) is 6.11. The molecule has 0 spiro atoms. The molecule has 0 amide bonds. The van der Waals surface area contributed by atoms with E-state index in [1.54, 1.807) is 0 Å². The van der Waals surface area contributed by atoms with Gasteiger partial charge in [-0.2, -0.15) is 11.8 Å². The Balaban J connectivity index is 1.53. The molecular formula is C12H23NS. The fourth-order valence-electron chi connectivity index (χ4n) is 2.38. The molecule has 0 aromatic rings. The zero-order chi connectivity index (χ0) is 9.80. The van der Waals surface area contributed by atoms with Crippen molar-refractivity contribution in [2.75, 3.05) is 25.1 Å². The van der Waals surface area contributed by atoms with Gasteiger partial charge in [0, 0.05) is 0 Å². The molecule has 2 saturated carbocycles. The van der Waals surface area contributed by atoms with Gasteiger partial charge in [0.1, 0.15) is 0 Å². The SMILES string of the molecule is CSCCCNCC(C1CC1)C1CC1. The Morgan fingerprint density at radius 2 is 1.86 bits per heavy atom. The molecule has 0 saturated heterocycles. The first-order valence-corrected chi connectivity index (χ1v) is 7.51. The summed E-state index contributed by atoms with van der Waals surface area (Å²) in [5.41, 5.74) is 0. The normalized spacial score (nSPS) is 21.9. The van der Waals surface area contributed by atoms with E-state index >= 15 is 0 Å². The van der Waals surface area contributed by atoms with E-state index in [2.05, 4.69) is 11.6 Å². The van der Waals surface area contributed by atoms with Crippen LogP contribution in [0.1, 0.15) is 32.1 Å². The van der Waals surface area contributed by atoms with Gasteiger partial charge in [0.15, 0.2) is 0 Å². The topological polar surface area (TPSA) is 12.0 Å². The van der Waals surface area contributed by atoms with Crippen molar-refractivity contribution in [2.45, 2.75) is 32.1 Å². The van der Waals surface area contributed by atoms with Gasteiger partial charge >= 0.3 is 0 Å². The quantitative estimate of drug-likeness (QED) is 0.622. The number of rotatable bonds is 8. The Labute approximate surface area is 92.4 Å². The molecular weight excluding hydrogens is 190 g/mol. The first-order chi connectivity index (χ1) is 6.92. The Morgan fingerprint density at radius 1 is 1.21 bits per heavy atom. The minimum Gasteiger partial charge on any atom is -0.316 e. The summed E-state index contributed by atoms with van der Waals surface area (Å²) in [5, 5.41) is 3.65. The van der Waals surface area contributed by atoms with Crippen LogP contribution in [0.25, 0.3) is 0 Å². The van der Waals surface area contributed by atoms with Gasteiger partial charge in [-0.15, -0.1) is 0 Å². The monoisotopic (exact) mass is 213 g/mol. The molecule has 0 heterocycles. The van der Waals surface area contributed by atoms with Gasteiger partial charge in [0.05, 0.1) is 0 Å². The summed E-state index contributed by atoms with van der Waals surface area (Å²) in [5.74, 6) is 4.57. The maximum Gasteiger partial charge on any atom is -0.00152 e. The molecule has 0 atom stereocenters. The average molecular weight is 213 g/mol. The molecule has 2 rings (SSSR count). The van der Waals surface area contributed by atoms with Crippen molar-refractivity contribution in [3.05, 3.63) is 0 Å². The summed E-state index contributed by atoms with van der Waals surface area (Å²) in [6.07, 6.45) is 9.61. The fraction of sp³-hybridized carbons (Fsp3) is 1.00. The Bertz CT molecular complexity index is 152. The highest BCUT2D eigenvalue weighted by atomic mass is 32.2. The first kappa shape index (κ1) is 10.8. The summed E-state index contributed by atoms with van der Waals surface area (Å²) >= 11 is 1.96. The largest absolute Gasteiger partial charge is 0.316 e. The highest BCUT2D eigenvalue weighted by Gasteiger charge is 2.40. The van der Waals surface area contributed by atoms with Crippen LogP contribution in [0.2, 0.25) is 0 Å². The summed E-state index contributed by atoms with van der Waals surface area (Å²) in [6.45, 7) is 2.54. The van der Waals surface area contributed by atoms with Crippen molar-refractivity contribution in [3.63, 3.8) is 0 Å². The van der Waals surface area contributed by atoms with E-state index < -0.39 is 0 Å². The van der Waals surface area contributed by atoms with Crippen molar-refractivity contribution in [1.29, 1.82) is 0 Å². The lowest BCUT2D eigenvalue weighted by Gasteiger charge is -2.15. The molecule has 2 aliphatic rings. The van der Waals surface area contributed by atoms with Gasteiger partial charge in [-0.3, -0.25) is 0 Å². The van der Waals surface area contributed by atoms with Crippen LogP contribution in [0, 0.1) is 17.8 Å². The van der Waals surface area contributed by atoms with Crippen LogP contribution < -0.4 is 5.32 Å². The molecule has 0 bridgehead atoms. The van der Waals surface area contributed by atoms with Crippen molar-refractivity contribution in [2.24, 2.45) is 17.8 Å². The summed E-state index contributed by atoms with van der Waals surface area (Å²) in [4.78, 5) is 0. The zero-order valence-corrected chi connectivity index (χ0v) is 10.1. The standard InChI is InChI=1S/C12H23NS/c1-14-8-2-7-13-9-12(10-3-4-10)11-5-6-11/h10-13H,2-9H2,1H3. The molecule has 1 nitrogen and oxygen atoms in total. The Morgan fingerprint density at radius 3 is 2.36 bits per heavy atom. The van der Waals surface area contributed by atoms with E-state index in [1.165, 1.54) is 50.9 Å². The van der Waals surface area contributed by atoms with E-state index in [9.17, 15) is 0 Å². The van der Waals surface area contributed by atoms with Gasteiger partial charge in [-0.05, 0) is 75.0 Å². The van der Waals surface area contributed by atoms with Crippen molar-refractivity contribution < 1.29 is 0 Å². The number of hydrogen-bond donors (Lipinski definition) is 1. The number of thioether (sulfide) groups is 1. The third-order valence-electron chi connectivity index (χ3n) is 3.54. The van der Waals surface area contributed by atoms with E-state index in [-0.39, 0.29) is 0 Å². The van der Waals surface area contributed by atoms with Gasteiger partial charge in [0.2, 0.25) is 0 Å². The molecule has 2 fully saturated rings. The minimum absolute atomic E-state index is 1.05. The Kier molecular flexibility index (Phi) is 4.18. The molecule has 82 valence electrons. The fourth-order valence-corrected chi connectivity index (χ4v) is 2.81. The molecule has 0 aliphatic heterocycles. The number of hydrogen-bond acceptors (Lipinski definition) is 2. The summed E-state index contributed by atoms with van der Waals surface area (Å²) in [6, 6.07) is 0. The van der Waals surface area contributed by atoms with Crippen LogP contribution in [0.3, 0.4) is 0 Å². The predicted molar refractivity (Wildman–Crippen MR) is 64.8 cm³/mol. The Hall–Kier alpha value is 0.310. The van der Waals surface area contributed by atoms with E-state index in [1.807, 2.05) is 11.8 Å². The second-order valence-corrected chi connectivity index (χ2v) is 5.87. The second kappa shape index (κ2) is 5.41. The maximum absolute atomic E-state index is 3.65. The lowest BCUT2D eigenvalue weighted by atomic mass is 9.98. The van der Waals surface area contributed by atoms with Crippen molar-refractivity contribution in [3.8, 4) is 0 Å². The predicted octanol–water partition coefficient (Wildman–Crippen LogP) is 2.77. The molecule has 0 aromatic carbocycles. The smallest absolute Gasteiger partial charge is 0.00152 e. The minimum atomic E-state index is 1.05. The average Bonchev–Trinajstić information content (AvgIpc) is 3.03. The third-order valence-corrected chi connectivity index (χ3v) is 4.23. The van der Waals surface area contributed by atoms with Crippen LogP contribution in [0.4, 0.5) is 0 Å². The van der Waals surface area contributed by atoms with Crippen LogP contribution in [0.15, 0.2) is 0 Å². The highest BCUT2D eigenvalue weighted by Crippen LogP contribution is 2.48. The summed E-state index contributed by atoms with van der Waals surface area (Å²) < 4.78 is 0. The van der Waals surface area contributed by atoms with Gasteiger partial charge in [-0.1, -0.05) is 0 Å². The zero-order valence-electron chi connectivity index (χ0n) is 9.30. The van der Waals surface area contributed by atoms with Gasteiger partial charge < -0.3 is 5.32 Å². The van der Waals surface area contributed by atoms with Crippen LogP contribution in [-0.4, -0.2) is 25.1 Å². The molecule has 0 unspecified atom stereocenters. The third kappa shape index (κ3) is 3.47. The maximum atomic E-state index is 3.65. The lowest BCUT2D eigenvalue weighted by molar-refractivity contribution is 0.380. The highest BCUT2D eigenvalue weighted by molar-refractivity contribution is 7.98. The van der Waals surface area contributed by atoms with Crippen LogP contribution in [0.5, 0.6) is 0 Å². The van der Waals surface area contributed by atoms with Crippen LogP contribution >= 0.6 is 11.8 Å². The summed E-state index contributed by atoms with van der Waals surface area (Å²) in [7, 11) is 0. The van der Waals surface area contributed by atoms with E-state index in [0.717, 1.165) is 17.8 Å².